The van der Waals surface area contributed by atoms with Crippen LogP contribution in [0.4, 0.5) is 0 Å². The van der Waals surface area contributed by atoms with Crippen LogP contribution in [-0.4, -0.2) is 20.5 Å². The van der Waals surface area contributed by atoms with Crippen molar-refractivity contribution in [2.75, 3.05) is 0 Å². The Bertz CT molecular complexity index is 386. The van der Waals surface area contributed by atoms with E-state index in [0.717, 1.165) is 0 Å². The van der Waals surface area contributed by atoms with Crippen molar-refractivity contribution >= 4 is 31.2 Å². The first-order chi connectivity index (χ1) is 8.13. The summed E-state index contributed by atoms with van der Waals surface area (Å²) in [6.45, 7) is 2.17. The molecule has 0 aliphatic carbocycles. The second-order valence-electron chi connectivity index (χ2n) is 3.43. The van der Waals surface area contributed by atoms with E-state index >= 15 is 0 Å². The SMILES string of the molecule is C=IC(C)/C=C\C(N)C(=O)OCc1ccco1. The van der Waals surface area contributed by atoms with E-state index in [1.54, 1.807) is 18.2 Å². The summed E-state index contributed by atoms with van der Waals surface area (Å²) in [6.07, 6.45) is 5.11. The Morgan fingerprint density at radius 3 is 3.06 bits per heavy atom. The van der Waals surface area contributed by atoms with Gasteiger partial charge < -0.3 is 14.9 Å². The Kier molecular flexibility index (Phi) is 6.13. The Morgan fingerprint density at radius 1 is 1.71 bits per heavy atom. The zero-order valence-corrected chi connectivity index (χ0v) is 11.8. The van der Waals surface area contributed by atoms with Crippen molar-refractivity contribution < 1.29 is 13.9 Å². The summed E-state index contributed by atoms with van der Waals surface area (Å²) >= 11 is -0.105. The Morgan fingerprint density at radius 2 is 2.47 bits per heavy atom. The van der Waals surface area contributed by atoms with Crippen molar-refractivity contribution in [3.63, 3.8) is 0 Å². The van der Waals surface area contributed by atoms with Gasteiger partial charge in [-0.1, -0.05) is 23.6 Å². The summed E-state index contributed by atoms with van der Waals surface area (Å²) in [4.78, 5) is 11.5. The maximum absolute atomic E-state index is 11.5. The zero-order chi connectivity index (χ0) is 12.7. The van der Waals surface area contributed by atoms with Crippen molar-refractivity contribution in [2.45, 2.75) is 23.5 Å². The highest BCUT2D eigenvalue weighted by molar-refractivity contribution is 14.2. The van der Waals surface area contributed by atoms with Crippen LogP contribution in [0.3, 0.4) is 0 Å². The number of halogens is 1. The average molecular weight is 349 g/mol. The number of allylic oxidation sites excluding steroid dienone is 1. The molecule has 1 heterocycles. The highest BCUT2D eigenvalue weighted by Crippen LogP contribution is 2.07. The number of hydrogen-bond donors (Lipinski definition) is 1. The Labute approximate surface area is 111 Å². The molecule has 0 amide bonds. The molecule has 17 heavy (non-hydrogen) atoms. The third kappa shape index (κ3) is 5.27. The number of furan rings is 1. The first-order valence-electron chi connectivity index (χ1n) is 5.13. The number of esters is 1. The number of rotatable bonds is 6. The third-order valence-corrected chi connectivity index (χ3v) is 3.84. The minimum atomic E-state index is -0.719. The highest BCUT2D eigenvalue weighted by Gasteiger charge is 2.12. The molecule has 2 N–H and O–H groups in total. The second-order valence-corrected chi connectivity index (χ2v) is 6.28. The van der Waals surface area contributed by atoms with E-state index in [2.05, 4.69) is 11.4 Å². The maximum Gasteiger partial charge on any atom is 0.327 e. The number of ether oxygens (including phenoxy) is 1. The predicted octanol–water partition coefficient (Wildman–Crippen LogP) is 2.00. The minimum Gasteiger partial charge on any atom is -0.466 e. The lowest BCUT2D eigenvalue weighted by Gasteiger charge is -2.07. The molecule has 0 aliphatic heterocycles. The van der Waals surface area contributed by atoms with Crippen LogP contribution in [0.5, 0.6) is 0 Å². The van der Waals surface area contributed by atoms with E-state index in [0.29, 0.717) is 9.68 Å². The van der Waals surface area contributed by atoms with Gasteiger partial charge >= 0.3 is 5.97 Å². The fourth-order valence-corrected chi connectivity index (χ4v) is 1.57. The molecule has 0 spiro atoms. The Hall–Kier alpha value is -0.950. The van der Waals surface area contributed by atoms with Gasteiger partial charge in [0.05, 0.1) is 6.26 Å². The molecule has 0 aliphatic rings. The smallest absolute Gasteiger partial charge is 0.327 e. The molecule has 2 unspecified atom stereocenters. The molecule has 0 radical (unpaired) electrons. The van der Waals surface area contributed by atoms with Crippen LogP contribution in [0.1, 0.15) is 12.7 Å². The van der Waals surface area contributed by atoms with Gasteiger partial charge in [0, 0.05) is 3.92 Å². The summed E-state index contributed by atoms with van der Waals surface area (Å²) in [6, 6.07) is 2.76. The molecule has 0 aromatic carbocycles. The third-order valence-electron chi connectivity index (χ3n) is 2.04. The first kappa shape index (κ1) is 14.1. The molecule has 1 rings (SSSR count). The lowest BCUT2D eigenvalue weighted by atomic mass is 10.2. The molecule has 1 aromatic rings. The number of carbonyl (C=O) groups excluding carboxylic acids is 1. The lowest BCUT2D eigenvalue weighted by molar-refractivity contribution is -0.145. The molecular formula is C12H16INO3. The van der Waals surface area contributed by atoms with Crippen LogP contribution in [0.2, 0.25) is 0 Å². The normalized spacial score (nSPS) is 14.7. The summed E-state index contributed by atoms with van der Waals surface area (Å²) in [7, 11) is 0. The van der Waals surface area contributed by atoms with E-state index in [4.69, 9.17) is 14.9 Å². The molecule has 0 saturated heterocycles. The summed E-state index contributed by atoms with van der Waals surface area (Å²) in [5.41, 5.74) is 5.66. The number of alkyl halides is 1. The van der Waals surface area contributed by atoms with E-state index in [1.807, 2.05) is 6.08 Å². The standard InChI is InChI=1S/C12H16INO3/c1-9(13-2)5-6-11(14)12(15)17-8-10-4-3-7-16-10/h3-7,9,11H,2,8,14H2,1H3/b6-5-. The maximum atomic E-state index is 11.5. The highest BCUT2D eigenvalue weighted by atomic mass is 127. The van der Waals surface area contributed by atoms with Crippen LogP contribution in [0.15, 0.2) is 35.0 Å². The largest absolute Gasteiger partial charge is 0.466 e. The van der Waals surface area contributed by atoms with Gasteiger partial charge in [0.25, 0.3) is 0 Å². The number of nitrogens with two attached hydrogens (primary N) is 1. The predicted molar refractivity (Wildman–Crippen MR) is 76.2 cm³/mol. The van der Waals surface area contributed by atoms with Crippen LogP contribution < -0.4 is 5.73 Å². The molecule has 0 bridgehead atoms. The zero-order valence-electron chi connectivity index (χ0n) is 9.64. The van der Waals surface area contributed by atoms with Gasteiger partial charge in [-0.15, -0.1) is 20.7 Å². The molecule has 94 valence electrons. The fourth-order valence-electron chi connectivity index (χ4n) is 1.04. The summed E-state index contributed by atoms with van der Waals surface area (Å²) < 4.78 is 14.3. The minimum absolute atomic E-state index is 0.105. The molecule has 0 fully saturated rings. The van der Waals surface area contributed by atoms with Crippen molar-refractivity contribution in [1.82, 2.24) is 0 Å². The topological polar surface area (TPSA) is 65.5 Å². The van der Waals surface area contributed by atoms with Gasteiger partial charge in [-0.2, -0.15) is 0 Å². The number of carbonyl (C=O) groups is 1. The molecular weight excluding hydrogens is 333 g/mol. The molecule has 2 atom stereocenters. The molecule has 0 saturated carbocycles. The van der Waals surface area contributed by atoms with Gasteiger partial charge in [-0.05, 0) is 12.1 Å². The van der Waals surface area contributed by atoms with Gasteiger partial charge in [0.1, 0.15) is 18.4 Å². The Balaban J connectivity index is 2.36. The van der Waals surface area contributed by atoms with E-state index < -0.39 is 12.0 Å². The van der Waals surface area contributed by atoms with Gasteiger partial charge in [0.2, 0.25) is 0 Å². The van der Waals surface area contributed by atoms with Crippen molar-refractivity contribution in [3.8, 4) is 0 Å². The van der Waals surface area contributed by atoms with Crippen molar-refractivity contribution in [2.24, 2.45) is 5.73 Å². The van der Waals surface area contributed by atoms with Crippen LogP contribution in [-0.2, 0) is 16.1 Å². The van der Waals surface area contributed by atoms with Gasteiger partial charge in [-0.3, -0.25) is 4.79 Å². The van der Waals surface area contributed by atoms with Crippen LogP contribution in [0, 0.1) is 0 Å². The van der Waals surface area contributed by atoms with E-state index in [-0.39, 0.29) is 27.3 Å². The quantitative estimate of drug-likeness (QED) is 0.369. The molecule has 5 heteroatoms. The molecule has 4 nitrogen and oxygen atoms in total. The van der Waals surface area contributed by atoms with E-state index in [1.165, 1.54) is 6.26 Å². The monoisotopic (exact) mass is 349 g/mol. The lowest BCUT2D eigenvalue weighted by Crippen LogP contribution is -2.30. The van der Waals surface area contributed by atoms with Gasteiger partial charge in [0.15, 0.2) is 0 Å². The van der Waals surface area contributed by atoms with E-state index in [9.17, 15) is 4.79 Å². The van der Waals surface area contributed by atoms with Crippen LogP contribution >= 0.6 is 20.7 Å². The van der Waals surface area contributed by atoms with Crippen LogP contribution in [0.25, 0.3) is 0 Å². The van der Waals surface area contributed by atoms with Crippen molar-refractivity contribution in [1.29, 1.82) is 0 Å². The average Bonchev–Trinajstić information content (AvgIpc) is 2.85. The van der Waals surface area contributed by atoms with Gasteiger partial charge in [-0.25, -0.2) is 0 Å². The summed E-state index contributed by atoms with van der Waals surface area (Å²) in [5.74, 6) is 0.152. The number of hydrogen-bond acceptors (Lipinski definition) is 4. The second kappa shape index (κ2) is 7.39. The first-order valence-corrected chi connectivity index (χ1v) is 7.90. The summed E-state index contributed by atoms with van der Waals surface area (Å²) in [5, 5.41) is 0. The molecule has 1 aromatic heterocycles. The fraction of sp³-hybridized carbons (Fsp3) is 0.333. The van der Waals surface area contributed by atoms with Crippen molar-refractivity contribution in [3.05, 3.63) is 36.3 Å².